The number of rotatable bonds is 1. The van der Waals surface area contributed by atoms with E-state index in [9.17, 15) is 13.6 Å². The molecule has 0 fully saturated rings. The van der Waals surface area contributed by atoms with Crippen LogP contribution in [0.25, 0.3) is 10.4 Å². The van der Waals surface area contributed by atoms with Gasteiger partial charge in [-0.05, 0) is 18.2 Å². The zero-order valence-corrected chi connectivity index (χ0v) is 9.68. The molecule has 2 heterocycles. The van der Waals surface area contributed by atoms with Gasteiger partial charge in [-0.2, -0.15) is 0 Å². The zero-order valence-electron chi connectivity index (χ0n) is 8.87. The third-order valence-corrected chi connectivity index (χ3v) is 3.86. The lowest BCUT2D eigenvalue weighted by Crippen LogP contribution is -2.06. The van der Waals surface area contributed by atoms with E-state index in [1.807, 2.05) is 0 Å². The Hall–Kier alpha value is -1.95. The van der Waals surface area contributed by atoms with Crippen LogP contribution in [0.1, 0.15) is 15.2 Å². The number of benzene rings is 1. The van der Waals surface area contributed by atoms with Crippen LogP contribution in [0, 0.1) is 11.6 Å². The van der Waals surface area contributed by atoms with E-state index in [1.54, 1.807) is 0 Å². The van der Waals surface area contributed by atoms with Crippen molar-refractivity contribution in [2.75, 3.05) is 0 Å². The van der Waals surface area contributed by atoms with Crippen molar-refractivity contribution in [1.29, 1.82) is 0 Å². The summed E-state index contributed by atoms with van der Waals surface area (Å²) in [4.78, 5) is 11.4. The molecule has 0 radical (unpaired) electrons. The highest BCUT2D eigenvalue weighted by Gasteiger charge is 2.27. The minimum absolute atomic E-state index is 0.00810. The molecule has 0 saturated carbocycles. The first-order valence-corrected chi connectivity index (χ1v) is 5.86. The van der Waals surface area contributed by atoms with Crippen LogP contribution in [0.5, 0.6) is 5.75 Å². The van der Waals surface area contributed by atoms with Crippen molar-refractivity contribution >= 4 is 17.3 Å². The van der Waals surface area contributed by atoms with Crippen molar-refractivity contribution < 1.29 is 23.4 Å². The van der Waals surface area contributed by atoms with E-state index in [1.165, 1.54) is 6.07 Å². The topological polar surface area (TPSA) is 46.5 Å². The molecule has 0 bridgehead atoms. The second-order valence-electron chi connectivity index (χ2n) is 3.79. The molecule has 6 heteroatoms. The van der Waals surface area contributed by atoms with Gasteiger partial charge in [0.1, 0.15) is 17.3 Å². The molecule has 1 aliphatic rings. The standard InChI is InChI=1S/C12H6F2O3S/c13-6-1-2-7(14)10-9(6)11-5(4-17-10)3-8(18-11)12(15)16/h1-3H,4H2,(H,15,16). The van der Waals surface area contributed by atoms with Crippen molar-refractivity contribution in [2.45, 2.75) is 6.61 Å². The number of thiophene rings is 1. The van der Waals surface area contributed by atoms with Crippen LogP contribution in [-0.2, 0) is 6.61 Å². The van der Waals surface area contributed by atoms with Gasteiger partial charge in [0.05, 0.1) is 5.56 Å². The minimum atomic E-state index is -1.09. The van der Waals surface area contributed by atoms with Gasteiger partial charge in [-0.1, -0.05) is 0 Å². The number of fused-ring (bicyclic) bond motifs is 3. The Kier molecular flexibility index (Phi) is 2.34. The van der Waals surface area contributed by atoms with Gasteiger partial charge in [-0.25, -0.2) is 13.6 Å². The second kappa shape index (κ2) is 3.78. The first-order chi connectivity index (χ1) is 8.58. The quantitative estimate of drug-likeness (QED) is 0.863. The molecule has 1 aromatic heterocycles. The number of carbonyl (C=O) groups is 1. The maximum atomic E-state index is 13.8. The summed E-state index contributed by atoms with van der Waals surface area (Å²) in [6, 6.07) is 3.42. The van der Waals surface area contributed by atoms with Crippen LogP contribution in [0.2, 0.25) is 0 Å². The fourth-order valence-corrected chi connectivity index (χ4v) is 2.94. The summed E-state index contributed by atoms with van der Waals surface area (Å²) in [5.41, 5.74) is 0.572. The number of ether oxygens (including phenoxy) is 1. The third kappa shape index (κ3) is 1.49. The maximum absolute atomic E-state index is 13.8. The molecule has 92 valence electrons. The van der Waals surface area contributed by atoms with E-state index in [0.717, 1.165) is 23.5 Å². The normalized spacial score (nSPS) is 12.6. The number of halogens is 2. The van der Waals surface area contributed by atoms with E-state index in [4.69, 9.17) is 9.84 Å². The highest BCUT2D eigenvalue weighted by molar-refractivity contribution is 7.17. The molecule has 2 aromatic rings. The molecule has 1 aromatic carbocycles. The van der Waals surface area contributed by atoms with E-state index in [0.29, 0.717) is 10.4 Å². The van der Waals surface area contributed by atoms with Gasteiger partial charge >= 0.3 is 5.97 Å². The molecule has 1 aliphatic heterocycles. The molecule has 0 aliphatic carbocycles. The van der Waals surface area contributed by atoms with Gasteiger partial charge in [0.15, 0.2) is 11.6 Å². The number of aromatic carboxylic acids is 1. The number of carboxylic acids is 1. The van der Waals surface area contributed by atoms with Crippen molar-refractivity contribution in [3.63, 3.8) is 0 Å². The average Bonchev–Trinajstić information content (AvgIpc) is 2.77. The average molecular weight is 268 g/mol. The van der Waals surface area contributed by atoms with E-state index in [2.05, 4.69) is 0 Å². The van der Waals surface area contributed by atoms with Gasteiger partial charge in [0.2, 0.25) is 0 Å². The van der Waals surface area contributed by atoms with Gasteiger partial charge in [0, 0.05) is 10.4 Å². The van der Waals surface area contributed by atoms with Gasteiger partial charge in [-0.3, -0.25) is 0 Å². The van der Waals surface area contributed by atoms with Crippen molar-refractivity contribution in [3.05, 3.63) is 40.3 Å². The highest BCUT2D eigenvalue weighted by Crippen LogP contribution is 2.45. The molecule has 18 heavy (non-hydrogen) atoms. The Balaban J connectivity index is 2.28. The fraction of sp³-hybridized carbons (Fsp3) is 0.0833. The summed E-state index contributed by atoms with van der Waals surface area (Å²) in [7, 11) is 0. The van der Waals surface area contributed by atoms with Crippen LogP contribution in [0.3, 0.4) is 0 Å². The molecular formula is C12H6F2O3S. The molecule has 0 saturated heterocycles. The summed E-state index contributed by atoms with van der Waals surface area (Å²) in [6.45, 7) is 0.0481. The van der Waals surface area contributed by atoms with Crippen LogP contribution >= 0.6 is 11.3 Å². The molecular weight excluding hydrogens is 262 g/mol. The predicted molar refractivity (Wildman–Crippen MR) is 61.0 cm³/mol. The number of hydrogen-bond acceptors (Lipinski definition) is 3. The Morgan fingerprint density at radius 1 is 1.33 bits per heavy atom. The highest BCUT2D eigenvalue weighted by atomic mass is 32.1. The fourth-order valence-electron chi connectivity index (χ4n) is 1.89. The maximum Gasteiger partial charge on any atom is 0.345 e. The minimum Gasteiger partial charge on any atom is -0.485 e. The largest absolute Gasteiger partial charge is 0.485 e. The molecule has 3 rings (SSSR count). The molecule has 0 unspecified atom stereocenters. The van der Waals surface area contributed by atoms with Crippen LogP contribution in [-0.4, -0.2) is 11.1 Å². The first-order valence-electron chi connectivity index (χ1n) is 5.05. The summed E-state index contributed by atoms with van der Waals surface area (Å²) in [5, 5.41) is 8.91. The number of hydrogen-bond donors (Lipinski definition) is 1. The van der Waals surface area contributed by atoms with E-state index >= 15 is 0 Å². The van der Waals surface area contributed by atoms with Crippen LogP contribution in [0.15, 0.2) is 18.2 Å². The molecule has 0 amide bonds. The van der Waals surface area contributed by atoms with Crippen LogP contribution in [0.4, 0.5) is 8.78 Å². The molecule has 0 atom stereocenters. The molecule has 1 N–H and O–H groups in total. The van der Waals surface area contributed by atoms with Gasteiger partial charge in [0.25, 0.3) is 0 Å². The summed E-state index contributed by atoms with van der Waals surface area (Å²) in [5.74, 6) is -2.51. The predicted octanol–water partition coefficient (Wildman–Crippen LogP) is 3.28. The lowest BCUT2D eigenvalue weighted by atomic mass is 10.1. The first kappa shape index (κ1) is 11.2. The molecule has 3 nitrogen and oxygen atoms in total. The Bertz CT molecular complexity index is 664. The monoisotopic (exact) mass is 268 g/mol. The lowest BCUT2D eigenvalue weighted by molar-refractivity contribution is 0.0702. The zero-order chi connectivity index (χ0) is 12.9. The molecule has 0 spiro atoms. The van der Waals surface area contributed by atoms with E-state index in [-0.39, 0.29) is 22.8 Å². The Morgan fingerprint density at radius 2 is 2.06 bits per heavy atom. The van der Waals surface area contributed by atoms with Crippen molar-refractivity contribution in [2.24, 2.45) is 0 Å². The van der Waals surface area contributed by atoms with Crippen molar-refractivity contribution in [1.82, 2.24) is 0 Å². The summed E-state index contributed by atoms with van der Waals surface area (Å²) < 4.78 is 32.4. The smallest absolute Gasteiger partial charge is 0.345 e. The Morgan fingerprint density at radius 3 is 2.78 bits per heavy atom. The van der Waals surface area contributed by atoms with Gasteiger partial charge < -0.3 is 9.84 Å². The second-order valence-corrected chi connectivity index (χ2v) is 4.84. The third-order valence-electron chi connectivity index (χ3n) is 2.68. The summed E-state index contributed by atoms with van der Waals surface area (Å²) >= 11 is 0.923. The lowest BCUT2D eigenvalue weighted by Gasteiger charge is -2.18. The van der Waals surface area contributed by atoms with Crippen LogP contribution < -0.4 is 4.74 Å². The van der Waals surface area contributed by atoms with Crippen molar-refractivity contribution in [3.8, 4) is 16.2 Å². The van der Waals surface area contributed by atoms with Gasteiger partial charge in [-0.15, -0.1) is 11.3 Å². The Labute approximate surface area is 104 Å². The summed E-state index contributed by atoms with van der Waals surface area (Å²) in [6.07, 6.45) is 0. The van der Waals surface area contributed by atoms with E-state index < -0.39 is 17.6 Å². The SMILES string of the molecule is O=C(O)c1cc2c(s1)-c1c(F)ccc(F)c1OC2. The number of carboxylic acid groups (broad SMARTS) is 1.